The Morgan fingerprint density at radius 2 is 2.05 bits per heavy atom. The molecule has 0 atom stereocenters. The number of rotatable bonds is 6. The van der Waals surface area contributed by atoms with E-state index in [0.29, 0.717) is 22.9 Å². The van der Waals surface area contributed by atoms with Crippen molar-refractivity contribution in [2.24, 2.45) is 5.16 Å². The lowest BCUT2D eigenvalue weighted by Crippen LogP contribution is -1.96. The molecule has 0 unspecified atom stereocenters. The van der Waals surface area contributed by atoms with Gasteiger partial charge in [-0.25, -0.2) is 0 Å². The molecule has 0 spiro atoms. The minimum Gasteiger partial charge on any atom is -0.449 e. The maximum absolute atomic E-state index is 11.2. The molecule has 0 saturated carbocycles. The Balaban J connectivity index is 2.31. The second-order valence-electron chi connectivity index (χ2n) is 4.17. The van der Waals surface area contributed by atoms with E-state index >= 15 is 0 Å². The molecule has 22 heavy (non-hydrogen) atoms. The van der Waals surface area contributed by atoms with Crippen LogP contribution >= 0.6 is 11.6 Å². The number of para-hydroxylation sites is 1. The molecule has 0 fully saturated rings. The molecule has 0 N–H and O–H groups in total. The Kier molecular flexibility index (Phi) is 5.32. The molecular formula is C15H13ClN2O4. The molecule has 0 aliphatic heterocycles. The summed E-state index contributed by atoms with van der Waals surface area (Å²) in [6.45, 7) is 2.21. The van der Waals surface area contributed by atoms with E-state index in [1.165, 1.54) is 18.3 Å². The molecule has 0 radical (unpaired) electrons. The predicted octanol–water partition coefficient (Wildman–Crippen LogP) is 4.41. The number of nitro benzene ring substituents is 1. The normalized spacial score (nSPS) is 10.6. The fourth-order valence-corrected chi connectivity index (χ4v) is 1.84. The van der Waals surface area contributed by atoms with Crippen molar-refractivity contribution in [1.29, 1.82) is 0 Å². The number of hydrogen-bond acceptors (Lipinski definition) is 5. The van der Waals surface area contributed by atoms with E-state index in [1.807, 2.05) is 0 Å². The molecule has 0 aromatic heterocycles. The number of ether oxygens (including phenoxy) is 1. The van der Waals surface area contributed by atoms with Crippen LogP contribution in [0.2, 0.25) is 5.02 Å². The van der Waals surface area contributed by atoms with Crippen LogP contribution in [0.25, 0.3) is 0 Å². The number of benzene rings is 2. The van der Waals surface area contributed by atoms with Crippen LogP contribution in [0.5, 0.6) is 11.5 Å². The van der Waals surface area contributed by atoms with Crippen LogP contribution in [0.3, 0.4) is 0 Å². The van der Waals surface area contributed by atoms with Gasteiger partial charge in [-0.2, -0.15) is 0 Å². The van der Waals surface area contributed by atoms with Crippen LogP contribution in [0, 0.1) is 10.1 Å². The first-order valence-corrected chi connectivity index (χ1v) is 6.85. The van der Waals surface area contributed by atoms with Crippen molar-refractivity contribution < 1.29 is 14.5 Å². The second kappa shape index (κ2) is 7.42. The van der Waals surface area contributed by atoms with E-state index < -0.39 is 4.92 Å². The van der Waals surface area contributed by atoms with E-state index in [4.69, 9.17) is 21.2 Å². The monoisotopic (exact) mass is 320 g/mol. The van der Waals surface area contributed by atoms with Gasteiger partial charge in [-0.15, -0.1) is 0 Å². The van der Waals surface area contributed by atoms with Crippen LogP contribution < -0.4 is 4.74 Å². The number of hydrogen-bond donors (Lipinski definition) is 0. The molecule has 114 valence electrons. The molecule has 0 amide bonds. The van der Waals surface area contributed by atoms with Crippen LogP contribution in [-0.4, -0.2) is 17.7 Å². The molecule has 0 bridgehead atoms. The van der Waals surface area contributed by atoms with Crippen LogP contribution in [0.1, 0.15) is 12.5 Å². The van der Waals surface area contributed by atoms with Crippen molar-refractivity contribution in [2.75, 3.05) is 6.61 Å². The van der Waals surface area contributed by atoms with Crippen LogP contribution in [0.15, 0.2) is 47.6 Å². The number of halogens is 1. The largest absolute Gasteiger partial charge is 0.449 e. The first-order valence-electron chi connectivity index (χ1n) is 6.48. The lowest BCUT2D eigenvalue weighted by Gasteiger charge is -2.08. The van der Waals surface area contributed by atoms with E-state index in [9.17, 15) is 10.1 Å². The minimum absolute atomic E-state index is 0.103. The molecule has 0 aliphatic rings. The second-order valence-corrected chi connectivity index (χ2v) is 4.58. The highest BCUT2D eigenvalue weighted by Crippen LogP contribution is 2.34. The summed E-state index contributed by atoms with van der Waals surface area (Å²) in [6, 6.07) is 11.3. The highest BCUT2D eigenvalue weighted by Gasteiger charge is 2.17. The summed E-state index contributed by atoms with van der Waals surface area (Å²) >= 11 is 5.99. The summed E-state index contributed by atoms with van der Waals surface area (Å²) in [7, 11) is 0. The molecule has 0 saturated heterocycles. The molecule has 2 aromatic carbocycles. The Hall–Kier alpha value is -2.60. The first-order chi connectivity index (χ1) is 10.6. The third-order valence-electron chi connectivity index (χ3n) is 2.64. The van der Waals surface area contributed by atoms with Gasteiger partial charge in [-0.05, 0) is 31.2 Å². The molecule has 0 aliphatic carbocycles. The zero-order valence-electron chi connectivity index (χ0n) is 11.7. The maximum atomic E-state index is 11.2. The van der Waals surface area contributed by atoms with Gasteiger partial charge in [0, 0.05) is 11.6 Å². The van der Waals surface area contributed by atoms with Crippen molar-refractivity contribution in [3.63, 3.8) is 0 Å². The average Bonchev–Trinajstić information content (AvgIpc) is 2.51. The number of nitro groups is 1. The van der Waals surface area contributed by atoms with E-state index in [2.05, 4.69) is 5.16 Å². The first kappa shape index (κ1) is 15.8. The molecular weight excluding hydrogens is 308 g/mol. The molecule has 0 heterocycles. The van der Waals surface area contributed by atoms with Gasteiger partial charge in [0.15, 0.2) is 0 Å². The number of oxime groups is 1. The van der Waals surface area contributed by atoms with Crippen molar-refractivity contribution in [2.45, 2.75) is 6.92 Å². The predicted molar refractivity (Wildman–Crippen MR) is 83.8 cm³/mol. The van der Waals surface area contributed by atoms with Gasteiger partial charge in [0.25, 0.3) is 0 Å². The average molecular weight is 321 g/mol. The lowest BCUT2D eigenvalue weighted by molar-refractivity contribution is -0.385. The van der Waals surface area contributed by atoms with Gasteiger partial charge >= 0.3 is 5.69 Å². The van der Waals surface area contributed by atoms with E-state index in [1.54, 1.807) is 37.3 Å². The Bertz CT molecular complexity index is 704. The SMILES string of the molecule is CCO/N=C/c1ccc(Oc2ccccc2Cl)c([N+](=O)[O-])c1. The van der Waals surface area contributed by atoms with Crippen molar-refractivity contribution in [1.82, 2.24) is 0 Å². The van der Waals surface area contributed by atoms with Crippen molar-refractivity contribution in [3.05, 3.63) is 63.2 Å². The van der Waals surface area contributed by atoms with Crippen molar-refractivity contribution in [3.8, 4) is 11.5 Å². The zero-order chi connectivity index (χ0) is 15.9. The summed E-state index contributed by atoms with van der Waals surface area (Å²) in [5.41, 5.74) is 0.354. The van der Waals surface area contributed by atoms with Gasteiger partial charge in [-0.3, -0.25) is 10.1 Å². The molecule has 2 aromatic rings. The van der Waals surface area contributed by atoms with E-state index in [-0.39, 0.29) is 11.4 Å². The summed E-state index contributed by atoms with van der Waals surface area (Å²) in [5.74, 6) is 0.453. The third kappa shape index (κ3) is 3.95. The summed E-state index contributed by atoms with van der Waals surface area (Å²) in [5, 5.41) is 15.2. The van der Waals surface area contributed by atoms with Crippen molar-refractivity contribution >= 4 is 23.5 Å². The standard InChI is InChI=1S/C15H13ClN2O4/c1-2-21-17-10-11-7-8-15(13(9-11)18(19)20)22-14-6-4-3-5-12(14)16/h3-10H,2H2,1H3/b17-10+. The van der Waals surface area contributed by atoms with E-state index in [0.717, 1.165) is 0 Å². The molecule has 6 nitrogen and oxygen atoms in total. The third-order valence-corrected chi connectivity index (χ3v) is 2.95. The van der Waals surface area contributed by atoms with Crippen LogP contribution in [-0.2, 0) is 4.84 Å². The quantitative estimate of drug-likeness (QED) is 0.449. The van der Waals surface area contributed by atoms with Gasteiger partial charge in [0.1, 0.15) is 12.4 Å². The Labute approximate surface area is 132 Å². The van der Waals surface area contributed by atoms with Gasteiger partial charge in [-0.1, -0.05) is 28.9 Å². The van der Waals surface area contributed by atoms with Crippen LogP contribution in [0.4, 0.5) is 5.69 Å². The highest BCUT2D eigenvalue weighted by molar-refractivity contribution is 6.32. The number of nitrogens with zero attached hydrogens (tertiary/aromatic N) is 2. The highest BCUT2D eigenvalue weighted by atomic mass is 35.5. The Morgan fingerprint density at radius 3 is 2.73 bits per heavy atom. The van der Waals surface area contributed by atoms with Gasteiger partial charge in [0.05, 0.1) is 16.2 Å². The topological polar surface area (TPSA) is 74.0 Å². The fraction of sp³-hybridized carbons (Fsp3) is 0.133. The smallest absolute Gasteiger partial charge is 0.312 e. The van der Waals surface area contributed by atoms with Gasteiger partial charge < -0.3 is 9.57 Å². The summed E-state index contributed by atoms with van der Waals surface area (Å²) in [4.78, 5) is 15.5. The Morgan fingerprint density at radius 1 is 1.27 bits per heavy atom. The zero-order valence-corrected chi connectivity index (χ0v) is 12.5. The minimum atomic E-state index is -0.524. The summed E-state index contributed by atoms with van der Waals surface area (Å²) < 4.78 is 5.53. The molecule has 7 heteroatoms. The fourth-order valence-electron chi connectivity index (χ4n) is 1.66. The maximum Gasteiger partial charge on any atom is 0.312 e. The summed E-state index contributed by atoms with van der Waals surface area (Å²) in [6.07, 6.45) is 1.40. The molecule has 2 rings (SSSR count). The van der Waals surface area contributed by atoms with Gasteiger partial charge in [0.2, 0.25) is 5.75 Å². The lowest BCUT2D eigenvalue weighted by atomic mass is 10.2.